The van der Waals surface area contributed by atoms with Crippen LogP contribution in [0.25, 0.3) is 0 Å². The van der Waals surface area contributed by atoms with Gasteiger partial charge in [0.25, 0.3) is 5.91 Å². The third-order valence-electron chi connectivity index (χ3n) is 3.37. The lowest BCUT2D eigenvalue weighted by molar-refractivity contribution is 0.0741. The third kappa shape index (κ3) is 3.21. The van der Waals surface area contributed by atoms with Gasteiger partial charge in [0.2, 0.25) is 0 Å². The second-order valence-electron chi connectivity index (χ2n) is 4.70. The fraction of sp³-hybridized carbons (Fsp3) is 0.200. The molecule has 0 aliphatic heterocycles. The predicted octanol–water partition coefficient (Wildman–Crippen LogP) is 3.40. The molecule has 0 saturated heterocycles. The van der Waals surface area contributed by atoms with Gasteiger partial charge in [-0.3, -0.25) is 4.79 Å². The maximum Gasteiger partial charge on any atom is 0.257 e. The molecule has 1 heterocycles. The lowest BCUT2D eigenvalue weighted by atomic mass is 10.1. The molecule has 0 radical (unpaired) electrons. The normalized spacial score (nSPS) is 12.0. The summed E-state index contributed by atoms with van der Waals surface area (Å²) < 4.78 is 14.5. The Hall–Kier alpha value is -1.95. The van der Waals surface area contributed by atoms with Crippen molar-refractivity contribution in [3.8, 4) is 0 Å². The summed E-state index contributed by atoms with van der Waals surface area (Å²) in [5.74, 6) is -0.502. The average Bonchev–Trinajstić information content (AvgIpc) is 2.48. The minimum absolute atomic E-state index is 0.149. The summed E-state index contributed by atoms with van der Waals surface area (Å²) in [6.45, 7) is 1.76. The van der Waals surface area contributed by atoms with Crippen molar-refractivity contribution >= 4 is 27.7 Å². The van der Waals surface area contributed by atoms with Crippen LogP contribution in [0.3, 0.4) is 0 Å². The van der Waals surface area contributed by atoms with Crippen LogP contribution in [0.2, 0.25) is 0 Å². The molecule has 110 valence electrons. The van der Waals surface area contributed by atoms with E-state index in [1.165, 1.54) is 17.2 Å². The van der Waals surface area contributed by atoms with Crippen LogP contribution in [-0.4, -0.2) is 22.8 Å². The molecule has 6 heteroatoms. The van der Waals surface area contributed by atoms with Crippen molar-refractivity contribution in [2.45, 2.75) is 13.0 Å². The smallest absolute Gasteiger partial charge is 0.257 e. The predicted molar refractivity (Wildman–Crippen MR) is 83.3 cm³/mol. The number of nitrogen functional groups attached to an aromatic ring is 1. The molecular weight excluding hydrogens is 337 g/mol. The average molecular weight is 352 g/mol. The van der Waals surface area contributed by atoms with Crippen LogP contribution >= 0.6 is 15.9 Å². The number of benzene rings is 1. The highest BCUT2D eigenvalue weighted by Crippen LogP contribution is 2.25. The van der Waals surface area contributed by atoms with E-state index in [-0.39, 0.29) is 23.1 Å². The van der Waals surface area contributed by atoms with E-state index in [1.54, 1.807) is 38.2 Å². The first-order valence-corrected chi connectivity index (χ1v) is 7.13. The van der Waals surface area contributed by atoms with E-state index in [2.05, 4.69) is 20.9 Å². The molecule has 2 N–H and O–H groups in total. The largest absolute Gasteiger partial charge is 0.383 e. The van der Waals surface area contributed by atoms with E-state index in [1.807, 2.05) is 0 Å². The summed E-state index contributed by atoms with van der Waals surface area (Å²) in [7, 11) is 1.61. The zero-order valence-corrected chi connectivity index (χ0v) is 13.3. The monoisotopic (exact) mass is 351 g/mol. The van der Waals surface area contributed by atoms with Crippen LogP contribution in [0.15, 0.2) is 41.0 Å². The van der Waals surface area contributed by atoms with Crippen LogP contribution < -0.4 is 5.73 Å². The topological polar surface area (TPSA) is 59.2 Å². The molecule has 1 unspecified atom stereocenters. The fourth-order valence-electron chi connectivity index (χ4n) is 2.01. The summed E-state index contributed by atoms with van der Waals surface area (Å²) in [4.78, 5) is 17.9. The van der Waals surface area contributed by atoms with Crippen LogP contribution in [0.4, 0.5) is 10.2 Å². The van der Waals surface area contributed by atoms with Gasteiger partial charge in [0.15, 0.2) is 0 Å². The van der Waals surface area contributed by atoms with Crippen LogP contribution in [0.1, 0.15) is 28.9 Å². The number of amides is 1. The van der Waals surface area contributed by atoms with Crippen LogP contribution in [0, 0.1) is 5.82 Å². The van der Waals surface area contributed by atoms with Gasteiger partial charge in [0.05, 0.1) is 11.6 Å². The molecule has 0 spiro atoms. The molecule has 0 aliphatic carbocycles. The standard InChI is InChI=1S/C15H15BrFN3O/c1-9(11-5-3-4-6-13(11)17)20(2)15(21)12-7-10(16)8-19-14(12)18/h3-9H,1-2H3,(H2,18,19). The van der Waals surface area contributed by atoms with Gasteiger partial charge in [0, 0.05) is 23.3 Å². The third-order valence-corrected chi connectivity index (χ3v) is 3.81. The van der Waals surface area contributed by atoms with Gasteiger partial charge >= 0.3 is 0 Å². The van der Waals surface area contributed by atoms with E-state index >= 15 is 0 Å². The molecule has 0 aliphatic rings. The van der Waals surface area contributed by atoms with Gasteiger partial charge in [-0.1, -0.05) is 18.2 Å². The first-order valence-electron chi connectivity index (χ1n) is 6.34. The van der Waals surface area contributed by atoms with E-state index in [4.69, 9.17) is 5.73 Å². The Morgan fingerprint density at radius 3 is 2.76 bits per heavy atom. The summed E-state index contributed by atoms with van der Waals surface area (Å²) in [5, 5.41) is 0. The second-order valence-corrected chi connectivity index (χ2v) is 5.62. The van der Waals surface area contributed by atoms with Gasteiger partial charge in [0.1, 0.15) is 11.6 Å². The molecule has 0 fully saturated rings. The summed E-state index contributed by atoms with van der Waals surface area (Å²) >= 11 is 3.26. The Bertz CT molecular complexity index is 678. The Morgan fingerprint density at radius 2 is 2.10 bits per heavy atom. The number of aromatic nitrogens is 1. The number of nitrogens with two attached hydrogens (primary N) is 1. The van der Waals surface area contributed by atoms with Gasteiger partial charge < -0.3 is 10.6 Å². The number of pyridine rings is 1. The minimum Gasteiger partial charge on any atom is -0.383 e. The Balaban J connectivity index is 2.31. The number of carbonyl (C=O) groups is 1. The quantitative estimate of drug-likeness (QED) is 0.921. The number of nitrogens with zero attached hydrogens (tertiary/aromatic N) is 2. The van der Waals surface area contributed by atoms with Crippen molar-refractivity contribution in [2.24, 2.45) is 0 Å². The number of carbonyl (C=O) groups excluding carboxylic acids is 1. The summed E-state index contributed by atoms with van der Waals surface area (Å²) in [5.41, 5.74) is 6.48. The van der Waals surface area contributed by atoms with Crippen molar-refractivity contribution in [1.29, 1.82) is 0 Å². The Kier molecular flexibility index (Phi) is 4.57. The second kappa shape index (κ2) is 6.22. The van der Waals surface area contributed by atoms with Gasteiger partial charge in [-0.2, -0.15) is 0 Å². The lowest BCUT2D eigenvalue weighted by Crippen LogP contribution is -2.31. The Morgan fingerprint density at radius 1 is 1.43 bits per heavy atom. The number of rotatable bonds is 3. The number of hydrogen-bond acceptors (Lipinski definition) is 3. The first-order chi connectivity index (χ1) is 9.91. The zero-order chi connectivity index (χ0) is 15.6. The van der Waals surface area contributed by atoms with E-state index in [9.17, 15) is 9.18 Å². The van der Waals surface area contributed by atoms with Gasteiger partial charge in [-0.25, -0.2) is 9.37 Å². The molecular formula is C15H15BrFN3O. The number of anilines is 1. The van der Waals surface area contributed by atoms with Gasteiger partial charge in [-0.15, -0.1) is 0 Å². The SMILES string of the molecule is CC(c1ccccc1F)N(C)C(=O)c1cc(Br)cnc1N. The fourth-order valence-corrected chi connectivity index (χ4v) is 2.34. The number of halogens is 2. The van der Waals surface area contributed by atoms with Crippen molar-refractivity contribution < 1.29 is 9.18 Å². The van der Waals surface area contributed by atoms with E-state index in [0.29, 0.717) is 10.0 Å². The molecule has 21 heavy (non-hydrogen) atoms. The van der Waals surface area contributed by atoms with Crippen LogP contribution in [0.5, 0.6) is 0 Å². The molecule has 1 atom stereocenters. The molecule has 0 bridgehead atoms. The highest BCUT2D eigenvalue weighted by Gasteiger charge is 2.23. The maximum absolute atomic E-state index is 13.8. The first kappa shape index (κ1) is 15.4. The summed E-state index contributed by atoms with van der Waals surface area (Å²) in [6.07, 6.45) is 1.52. The van der Waals surface area contributed by atoms with E-state index in [0.717, 1.165) is 0 Å². The molecule has 4 nitrogen and oxygen atoms in total. The molecule has 2 aromatic rings. The van der Waals surface area contributed by atoms with Crippen molar-refractivity contribution in [1.82, 2.24) is 9.88 Å². The zero-order valence-electron chi connectivity index (χ0n) is 11.7. The highest BCUT2D eigenvalue weighted by molar-refractivity contribution is 9.10. The van der Waals surface area contributed by atoms with Crippen molar-refractivity contribution in [3.63, 3.8) is 0 Å². The van der Waals surface area contributed by atoms with Crippen molar-refractivity contribution in [3.05, 3.63) is 57.9 Å². The van der Waals surface area contributed by atoms with Gasteiger partial charge in [-0.05, 0) is 35.0 Å². The number of hydrogen-bond donors (Lipinski definition) is 1. The van der Waals surface area contributed by atoms with Crippen molar-refractivity contribution in [2.75, 3.05) is 12.8 Å². The molecule has 0 saturated carbocycles. The minimum atomic E-state index is -0.419. The molecule has 2 rings (SSSR count). The molecule has 1 aromatic carbocycles. The highest BCUT2D eigenvalue weighted by atomic mass is 79.9. The molecule has 1 amide bonds. The molecule has 1 aromatic heterocycles. The van der Waals surface area contributed by atoms with E-state index < -0.39 is 6.04 Å². The van der Waals surface area contributed by atoms with Crippen LogP contribution in [-0.2, 0) is 0 Å². The maximum atomic E-state index is 13.8. The Labute approximate surface area is 130 Å². The summed E-state index contributed by atoms with van der Waals surface area (Å²) in [6, 6.07) is 7.57. The lowest BCUT2D eigenvalue weighted by Gasteiger charge is -2.26.